The number of aromatic nitrogens is 3. The van der Waals surface area contributed by atoms with Crippen LogP contribution in [0.3, 0.4) is 0 Å². The van der Waals surface area contributed by atoms with Crippen molar-refractivity contribution in [3.8, 4) is 5.75 Å². The molecule has 0 bridgehead atoms. The van der Waals surface area contributed by atoms with Gasteiger partial charge in [0.05, 0.1) is 0 Å². The first kappa shape index (κ1) is 14.0. The number of nitrogens with zero attached hydrogens (tertiary/aromatic N) is 2. The highest BCUT2D eigenvalue weighted by molar-refractivity contribution is 5.77. The van der Waals surface area contributed by atoms with Crippen LogP contribution < -0.4 is 10.1 Å². The van der Waals surface area contributed by atoms with Crippen LogP contribution >= 0.6 is 0 Å². The molecule has 1 heterocycles. The lowest BCUT2D eigenvalue weighted by molar-refractivity contribution is -0.123. The molecule has 0 saturated heterocycles. The minimum atomic E-state index is -0.148. The van der Waals surface area contributed by atoms with Crippen molar-refractivity contribution in [3.63, 3.8) is 0 Å². The Bertz CT molecular complexity index is 567. The van der Waals surface area contributed by atoms with Crippen LogP contribution in [0.15, 0.2) is 24.5 Å². The molecule has 106 valence electrons. The zero-order valence-corrected chi connectivity index (χ0v) is 11.6. The first-order valence-electron chi connectivity index (χ1n) is 6.47. The van der Waals surface area contributed by atoms with Gasteiger partial charge in [0, 0.05) is 13.0 Å². The Morgan fingerprint density at radius 2 is 2.25 bits per heavy atom. The van der Waals surface area contributed by atoms with E-state index in [1.807, 2.05) is 32.0 Å². The van der Waals surface area contributed by atoms with E-state index in [4.69, 9.17) is 4.74 Å². The molecule has 0 aliphatic rings. The number of aryl methyl sites for hydroxylation is 1. The summed E-state index contributed by atoms with van der Waals surface area (Å²) in [5.74, 6) is 1.35. The molecule has 0 unspecified atom stereocenters. The molecule has 20 heavy (non-hydrogen) atoms. The molecule has 0 aliphatic heterocycles. The number of carbonyl (C=O) groups excluding carboxylic acids is 1. The van der Waals surface area contributed by atoms with Gasteiger partial charge in [0.2, 0.25) is 0 Å². The zero-order valence-electron chi connectivity index (χ0n) is 11.6. The van der Waals surface area contributed by atoms with Crippen LogP contribution in [0, 0.1) is 13.8 Å². The second-order valence-corrected chi connectivity index (χ2v) is 4.52. The monoisotopic (exact) mass is 274 g/mol. The fourth-order valence-electron chi connectivity index (χ4n) is 1.75. The number of ether oxygens (including phenoxy) is 1. The van der Waals surface area contributed by atoms with Gasteiger partial charge in [0.25, 0.3) is 5.91 Å². The quantitative estimate of drug-likeness (QED) is 0.828. The van der Waals surface area contributed by atoms with E-state index >= 15 is 0 Å². The maximum absolute atomic E-state index is 11.7. The first-order valence-corrected chi connectivity index (χ1v) is 6.47. The number of hydrogen-bond acceptors (Lipinski definition) is 4. The van der Waals surface area contributed by atoms with Crippen molar-refractivity contribution < 1.29 is 9.53 Å². The summed E-state index contributed by atoms with van der Waals surface area (Å²) in [7, 11) is 0. The summed E-state index contributed by atoms with van der Waals surface area (Å²) in [5, 5.41) is 9.25. The van der Waals surface area contributed by atoms with Crippen LogP contribution in [0.1, 0.15) is 17.0 Å². The fraction of sp³-hybridized carbons (Fsp3) is 0.357. The highest BCUT2D eigenvalue weighted by Crippen LogP contribution is 2.20. The minimum absolute atomic E-state index is 0.0146. The summed E-state index contributed by atoms with van der Waals surface area (Å²) in [6, 6.07) is 5.79. The van der Waals surface area contributed by atoms with E-state index in [2.05, 4.69) is 20.5 Å². The molecule has 0 spiro atoms. The number of carbonyl (C=O) groups is 1. The van der Waals surface area contributed by atoms with Crippen molar-refractivity contribution in [2.24, 2.45) is 0 Å². The number of nitrogens with one attached hydrogen (secondary N) is 2. The van der Waals surface area contributed by atoms with Crippen LogP contribution in [0.2, 0.25) is 0 Å². The van der Waals surface area contributed by atoms with Crippen LogP contribution in [0.25, 0.3) is 0 Å². The lowest BCUT2D eigenvalue weighted by Gasteiger charge is -2.10. The Kier molecular flexibility index (Phi) is 4.70. The molecule has 0 radical (unpaired) electrons. The van der Waals surface area contributed by atoms with Crippen molar-refractivity contribution in [2.45, 2.75) is 20.3 Å². The fourth-order valence-corrected chi connectivity index (χ4v) is 1.75. The molecule has 1 aromatic carbocycles. The molecule has 0 atom stereocenters. The Hall–Kier alpha value is -2.37. The number of amides is 1. The van der Waals surface area contributed by atoms with Gasteiger partial charge in [-0.3, -0.25) is 9.89 Å². The average molecular weight is 274 g/mol. The molecule has 0 aliphatic carbocycles. The summed E-state index contributed by atoms with van der Waals surface area (Å²) >= 11 is 0. The van der Waals surface area contributed by atoms with Gasteiger partial charge in [-0.15, -0.1) is 0 Å². The average Bonchev–Trinajstić information content (AvgIpc) is 2.94. The summed E-state index contributed by atoms with van der Waals surface area (Å²) in [6.07, 6.45) is 2.07. The minimum Gasteiger partial charge on any atom is -0.483 e. The zero-order chi connectivity index (χ0) is 14.4. The van der Waals surface area contributed by atoms with Gasteiger partial charge in [-0.2, -0.15) is 5.10 Å². The van der Waals surface area contributed by atoms with E-state index in [1.54, 1.807) is 0 Å². The highest BCUT2D eigenvalue weighted by Gasteiger charge is 2.06. The summed E-state index contributed by atoms with van der Waals surface area (Å²) in [5.41, 5.74) is 2.20. The highest BCUT2D eigenvalue weighted by atomic mass is 16.5. The van der Waals surface area contributed by atoms with Gasteiger partial charge in [-0.05, 0) is 31.0 Å². The van der Waals surface area contributed by atoms with Crippen molar-refractivity contribution in [1.82, 2.24) is 20.5 Å². The van der Waals surface area contributed by atoms with Gasteiger partial charge in [0.1, 0.15) is 17.9 Å². The Balaban J connectivity index is 1.73. The summed E-state index contributed by atoms with van der Waals surface area (Å²) in [4.78, 5) is 15.6. The molecular weight excluding hydrogens is 256 g/mol. The normalized spacial score (nSPS) is 10.3. The Labute approximate surface area is 117 Å². The van der Waals surface area contributed by atoms with Gasteiger partial charge < -0.3 is 10.1 Å². The number of aromatic amines is 1. The van der Waals surface area contributed by atoms with Gasteiger partial charge >= 0.3 is 0 Å². The molecule has 1 amide bonds. The molecular formula is C14H18N4O2. The third-order valence-corrected chi connectivity index (χ3v) is 3.06. The predicted octanol–water partition coefficient (Wildman–Crippen LogP) is 1.16. The summed E-state index contributed by atoms with van der Waals surface area (Å²) < 4.78 is 5.52. The van der Waals surface area contributed by atoms with Crippen LogP contribution in [0.4, 0.5) is 0 Å². The molecule has 1 aromatic heterocycles. The molecule has 0 saturated carbocycles. The van der Waals surface area contributed by atoms with Gasteiger partial charge in [-0.1, -0.05) is 12.1 Å². The van der Waals surface area contributed by atoms with Gasteiger partial charge in [0.15, 0.2) is 6.61 Å². The number of H-pyrrole nitrogens is 1. The molecule has 0 fully saturated rings. The largest absolute Gasteiger partial charge is 0.483 e. The molecule has 2 rings (SSSR count). The van der Waals surface area contributed by atoms with E-state index in [-0.39, 0.29) is 12.5 Å². The van der Waals surface area contributed by atoms with Crippen molar-refractivity contribution >= 4 is 5.91 Å². The van der Waals surface area contributed by atoms with Gasteiger partial charge in [-0.25, -0.2) is 4.98 Å². The third kappa shape index (κ3) is 3.81. The number of benzene rings is 1. The molecule has 6 nitrogen and oxygen atoms in total. The Morgan fingerprint density at radius 3 is 3.00 bits per heavy atom. The smallest absolute Gasteiger partial charge is 0.257 e. The molecule has 2 aromatic rings. The predicted molar refractivity (Wildman–Crippen MR) is 74.5 cm³/mol. The second kappa shape index (κ2) is 6.70. The Morgan fingerprint density at radius 1 is 1.40 bits per heavy atom. The standard InChI is InChI=1S/C14H18N4O2/c1-10-4-3-5-12(11(10)2)20-8-14(19)15-7-6-13-16-9-17-18-13/h3-5,9H,6-8H2,1-2H3,(H,15,19)(H,16,17,18). The van der Waals surface area contributed by atoms with Crippen LogP contribution in [-0.2, 0) is 11.2 Å². The van der Waals surface area contributed by atoms with Crippen molar-refractivity contribution in [1.29, 1.82) is 0 Å². The lowest BCUT2D eigenvalue weighted by atomic mass is 10.1. The van der Waals surface area contributed by atoms with Crippen molar-refractivity contribution in [2.75, 3.05) is 13.2 Å². The maximum Gasteiger partial charge on any atom is 0.257 e. The second-order valence-electron chi connectivity index (χ2n) is 4.52. The van der Waals surface area contributed by atoms with Crippen LogP contribution in [-0.4, -0.2) is 34.2 Å². The first-order chi connectivity index (χ1) is 9.66. The SMILES string of the molecule is Cc1cccc(OCC(=O)NCCc2ncn[nH]2)c1C. The van der Waals surface area contributed by atoms with E-state index in [9.17, 15) is 4.79 Å². The lowest BCUT2D eigenvalue weighted by Crippen LogP contribution is -2.30. The third-order valence-electron chi connectivity index (χ3n) is 3.06. The number of hydrogen-bond donors (Lipinski definition) is 2. The molecule has 6 heteroatoms. The van der Waals surface area contributed by atoms with E-state index in [0.29, 0.717) is 13.0 Å². The van der Waals surface area contributed by atoms with Crippen LogP contribution in [0.5, 0.6) is 5.75 Å². The van der Waals surface area contributed by atoms with E-state index < -0.39 is 0 Å². The van der Waals surface area contributed by atoms with E-state index in [0.717, 1.165) is 22.7 Å². The van der Waals surface area contributed by atoms with E-state index in [1.165, 1.54) is 6.33 Å². The summed E-state index contributed by atoms with van der Waals surface area (Å²) in [6.45, 7) is 4.51. The number of rotatable bonds is 6. The maximum atomic E-state index is 11.7. The van der Waals surface area contributed by atoms with Crippen molar-refractivity contribution in [3.05, 3.63) is 41.5 Å². The topological polar surface area (TPSA) is 79.9 Å². The molecule has 2 N–H and O–H groups in total.